The summed E-state index contributed by atoms with van der Waals surface area (Å²) < 4.78 is 31.9. The predicted molar refractivity (Wildman–Crippen MR) is 172 cm³/mol. The smallest absolute Gasteiger partial charge is 1.00 e. The molecule has 2 aliphatic rings. The first kappa shape index (κ1) is 46.4. The van der Waals surface area contributed by atoms with Gasteiger partial charge in [0.2, 0.25) is 10.6 Å². The number of aromatic amines is 1. The third-order valence-electron chi connectivity index (χ3n) is 6.56. The molecule has 0 radical (unpaired) electrons. The molecule has 2 aliphatic heterocycles. The average Bonchev–Trinajstić information content (AvgIpc) is 3.68. The van der Waals surface area contributed by atoms with Gasteiger partial charge >= 0.3 is 138 Å². The van der Waals surface area contributed by atoms with Crippen LogP contribution in [-0.2, 0) is 25.7 Å². The van der Waals surface area contributed by atoms with Crippen molar-refractivity contribution >= 4 is 63.3 Å². The maximum atomic E-state index is 12.2. The fourth-order valence-corrected chi connectivity index (χ4v) is 5.04. The Morgan fingerprint density at radius 2 is 1.47 bits per heavy atom. The van der Waals surface area contributed by atoms with E-state index < -0.39 is 7.15 Å². The number of alkyl halides is 2. The van der Waals surface area contributed by atoms with E-state index in [9.17, 15) is 14.0 Å². The second-order valence-corrected chi connectivity index (χ2v) is 11.3. The largest absolute Gasteiger partial charge is 1.00 e. The van der Waals surface area contributed by atoms with Gasteiger partial charge in [-0.3, -0.25) is 28.3 Å². The fourth-order valence-electron chi connectivity index (χ4n) is 4.60. The number of nitrogens with one attached hydrogen (secondary N) is 1. The van der Waals surface area contributed by atoms with E-state index in [2.05, 4.69) is 59.6 Å². The number of H-pyrrole nitrogens is 1. The van der Waals surface area contributed by atoms with Gasteiger partial charge in [-0.2, -0.15) is 0 Å². The molecule has 252 valence electrons. The zero-order valence-corrected chi connectivity index (χ0v) is 42.9. The van der Waals surface area contributed by atoms with Crippen LogP contribution in [0, 0.1) is 0 Å². The van der Waals surface area contributed by atoms with E-state index in [0.29, 0.717) is 17.6 Å². The molecule has 0 atom stereocenters. The minimum absolute atomic E-state index is 0. The van der Waals surface area contributed by atoms with E-state index in [1.807, 2.05) is 6.92 Å². The molecule has 6 heterocycles. The quantitative estimate of drug-likeness (QED) is 0.0724. The van der Waals surface area contributed by atoms with Crippen LogP contribution in [0.5, 0.6) is 0 Å². The van der Waals surface area contributed by atoms with Crippen LogP contribution in [-0.4, -0.2) is 83.2 Å². The first-order valence-corrected chi connectivity index (χ1v) is 16.1. The Labute approximate surface area is 414 Å². The van der Waals surface area contributed by atoms with Crippen molar-refractivity contribution in [3.8, 4) is 0 Å². The van der Waals surface area contributed by atoms with Crippen molar-refractivity contribution in [2.24, 2.45) is 0 Å². The van der Waals surface area contributed by atoms with Crippen molar-refractivity contribution in [1.82, 2.24) is 38.7 Å². The molecule has 21 heteroatoms. The molecule has 0 unspecified atom stereocenters. The van der Waals surface area contributed by atoms with E-state index in [0.717, 1.165) is 63.8 Å². The minimum atomic E-state index is -1.00. The van der Waals surface area contributed by atoms with Gasteiger partial charge in [0.15, 0.2) is 11.0 Å². The summed E-state index contributed by atoms with van der Waals surface area (Å²) >= 11 is 14.1. The van der Waals surface area contributed by atoms with Crippen LogP contribution in [0.25, 0.3) is 11.0 Å². The number of fused-ring (bicyclic) bond motifs is 2. The first-order chi connectivity index (χ1) is 22.2. The number of imidazole rings is 2. The van der Waals surface area contributed by atoms with Crippen LogP contribution in [0.1, 0.15) is 65.8 Å². The molecule has 1 N–H and O–H groups in total. The SMILES string of the molecule is CCI.CCn1c(Cl)nn2c(C3CCOCC3)ncc2c1=O.O=CO[O-].O=c1[nH]c(Cl)nn2c(C3CCOCC3)ncc12.[2H]CF.[Cs+].[Cs+].[H-]. The summed E-state index contributed by atoms with van der Waals surface area (Å²) in [7, 11) is -1.00. The van der Waals surface area contributed by atoms with Crippen molar-refractivity contribution in [3.05, 3.63) is 55.3 Å². The topological polar surface area (TPSA) is 183 Å². The average molecular weight is 1060 g/mol. The summed E-state index contributed by atoms with van der Waals surface area (Å²) in [5.74, 6) is 2.14. The van der Waals surface area contributed by atoms with Crippen LogP contribution in [0.3, 0.4) is 0 Å². The number of rotatable bonds is 4. The number of carbonyl (C=O) groups excluding carboxylic acids is 1. The van der Waals surface area contributed by atoms with E-state index in [4.69, 9.17) is 44.1 Å². The summed E-state index contributed by atoms with van der Waals surface area (Å²) in [4.78, 5) is 46.2. The molecule has 4 aromatic heterocycles. The van der Waals surface area contributed by atoms with Crippen LogP contribution in [0.4, 0.5) is 4.39 Å². The third kappa shape index (κ3) is 14.4. The molecular weight excluding hydrogens is 1020 g/mol. The Bertz CT molecular complexity index is 1630. The monoisotopic (exact) mass is 1050 g/mol. The van der Waals surface area contributed by atoms with Gasteiger partial charge in [-0.15, -0.1) is 10.2 Å². The number of ether oxygens (including phenoxy) is 2. The van der Waals surface area contributed by atoms with E-state index in [1.54, 1.807) is 10.7 Å². The van der Waals surface area contributed by atoms with Crippen LogP contribution in [0.2, 0.25) is 10.6 Å². The number of halogens is 4. The summed E-state index contributed by atoms with van der Waals surface area (Å²) in [6.07, 6.45) is 6.70. The molecule has 0 aliphatic carbocycles. The molecule has 2 saturated heterocycles. The number of carbonyl (C=O) groups is 1. The molecule has 0 saturated carbocycles. The number of hydrogen-bond donors (Lipinski definition) is 1. The van der Waals surface area contributed by atoms with Crippen molar-refractivity contribution in [1.29, 1.82) is 0 Å². The van der Waals surface area contributed by atoms with Gasteiger partial charge in [0.1, 0.15) is 11.6 Å². The molecule has 4 aromatic rings. The molecule has 0 spiro atoms. The third-order valence-corrected chi connectivity index (χ3v) is 7.01. The number of aromatic nitrogens is 8. The van der Waals surface area contributed by atoms with Gasteiger partial charge in [0.25, 0.3) is 17.6 Å². The van der Waals surface area contributed by atoms with E-state index in [1.165, 1.54) is 19.7 Å². The predicted octanol–water partition coefficient (Wildman–Crippen LogP) is -2.99. The standard InChI is InChI=1S/C12H15ClN4O2.C10H11ClN4O2.C2H5I.CH3F.CH2O3.2Cs.H/c1-2-16-11(18)9-7-14-10(17(9)15-12(16)13)8-3-5-19-6-4-8;11-10-13-9(16)7-5-12-8(15(7)14-10)6-1-3-17-4-2-6;1-2-3;1-2;2-1-4-3;;;/h7-8H,2-6H2,1H3;5-6H,1-4H2,(H,13,14,16);2H2,1H3;1H3;1,3H;;;/q;;;;;2*+1;-1/p-1/i;;;1D;;;;. The zero-order chi connectivity index (χ0) is 34.1. The summed E-state index contributed by atoms with van der Waals surface area (Å²) in [5.41, 5.74) is 0.493. The Kier molecular flexibility index (Phi) is 26.7. The second-order valence-electron chi connectivity index (χ2n) is 9.12. The molecule has 0 bridgehead atoms. The van der Waals surface area contributed by atoms with Crippen LogP contribution in [0.15, 0.2) is 22.0 Å². The Balaban J connectivity index is 0. The number of nitrogens with zero attached hydrogens (tertiary/aromatic N) is 7. The van der Waals surface area contributed by atoms with Crippen molar-refractivity contribution in [2.45, 2.75) is 57.9 Å². The van der Waals surface area contributed by atoms with Gasteiger partial charge in [0.05, 0.1) is 20.9 Å². The van der Waals surface area contributed by atoms with Gasteiger partial charge in [0, 0.05) is 44.8 Å². The van der Waals surface area contributed by atoms with Crippen LogP contribution < -0.4 is 154 Å². The maximum absolute atomic E-state index is 12.2. The van der Waals surface area contributed by atoms with Crippen molar-refractivity contribution in [3.63, 3.8) is 0 Å². The Hall–Kier alpha value is 1.39. The van der Waals surface area contributed by atoms with Gasteiger partial charge in [-0.25, -0.2) is 19.0 Å². The van der Waals surface area contributed by atoms with Gasteiger partial charge < -0.3 is 21.0 Å². The van der Waals surface area contributed by atoms with Crippen molar-refractivity contribution in [2.75, 3.05) is 38.0 Å². The Morgan fingerprint density at radius 1 is 1.04 bits per heavy atom. The molecular formula is C26H36Cl2Cs2FIN8O7. The second kappa shape index (κ2) is 27.1. The summed E-state index contributed by atoms with van der Waals surface area (Å²) in [5, 5.41) is 17.1. The maximum Gasteiger partial charge on any atom is 1.00 e. The molecule has 47 heavy (non-hydrogen) atoms. The summed E-state index contributed by atoms with van der Waals surface area (Å²) in [6, 6.07) is 0. The molecule has 15 nitrogen and oxygen atoms in total. The molecule has 2 fully saturated rings. The molecule has 0 aromatic carbocycles. The normalized spacial score (nSPS) is 14.6. The summed E-state index contributed by atoms with van der Waals surface area (Å²) in [6.45, 7) is 7.17. The minimum Gasteiger partial charge on any atom is -1.00 e. The van der Waals surface area contributed by atoms with E-state index in [-0.39, 0.29) is 179 Å². The molecule has 6 rings (SSSR count). The van der Waals surface area contributed by atoms with Crippen molar-refractivity contribution < 1.29 is 169 Å². The van der Waals surface area contributed by atoms with Gasteiger partial charge in [-0.05, 0) is 60.2 Å². The first-order valence-electron chi connectivity index (χ1n) is 14.5. The van der Waals surface area contributed by atoms with E-state index >= 15 is 0 Å². The van der Waals surface area contributed by atoms with Crippen LogP contribution >= 0.6 is 45.8 Å². The Morgan fingerprint density at radius 3 is 1.89 bits per heavy atom. The number of hydrogen-bond acceptors (Lipinski definition) is 11. The molecule has 0 amide bonds. The van der Waals surface area contributed by atoms with Gasteiger partial charge in [-0.1, -0.05) is 29.5 Å². The fraction of sp³-hybridized carbons (Fsp3) is 0.577. The zero-order valence-electron chi connectivity index (χ0n) is 28.7.